The molecule has 3 heterocycles. The standard InChI is InChI=1S/C19H16Cl2N2O2S/c20-12-9-13(21)11-14(10-12)23-18(24)16(15-5-4-8-26-15)17(19(23)25)22-6-2-1-3-7-22/h4-5,8-11H,1-3,6-7H2. The van der Waals surface area contributed by atoms with Gasteiger partial charge in [-0.2, -0.15) is 0 Å². The van der Waals surface area contributed by atoms with Gasteiger partial charge in [0, 0.05) is 28.0 Å². The van der Waals surface area contributed by atoms with E-state index in [2.05, 4.69) is 0 Å². The van der Waals surface area contributed by atoms with E-state index in [4.69, 9.17) is 23.2 Å². The lowest BCUT2D eigenvalue weighted by Gasteiger charge is -2.29. The van der Waals surface area contributed by atoms with Crippen LogP contribution < -0.4 is 4.90 Å². The molecule has 0 atom stereocenters. The molecule has 0 unspecified atom stereocenters. The SMILES string of the molecule is O=C1C(c2cccs2)=C(N2CCCCC2)C(=O)N1c1cc(Cl)cc(Cl)c1. The lowest BCUT2D eigenvalue weighted by atomic mass is 10.1. The van der Waals surface area contributed by atoms with Crippen LogP contribution in [0.3, 0.4) is 0 Å². The first-order chi connectivity index (χ1) is 12.6. The predicted molar refractivity (Wildman–Crippen MR) is 106 cm³/mol. The Kier molecular flexibility index (Phi) is 4.78. The van der Waals surface area contributed by atoms with Gasteiger partial charge in [0.05, 0.1) is 11.3 Å². The fourth-order valence-corrected chi connectivity index (χ4v) is 4.75. The number of nitrogens with zero attached hydrogens (tertiary/aromatic N) is 2. The van der Waals surface area contributed by atoms with Gasteiger partial charge in [0.1, 0.15) is 5.70 Å². The van der Waals surface area contributed by atoms with Crippen molar-refractivity contribution in [1.82, 2.24) is 4.90 Å². The Balaban J connectivity index is 1.82. The van der Waals surface area contributed by atoms with Crippen molar-refractivity contribution in [1.29, 1.82) is 0 Å². The van der Waals surface area contributed by atoms with Crippen LogP contribution in [0.5, 0.6) is 0 Å². The predicted octanol–water partition coefficient (Wildman–Crippen LogP) is 4.83. The van der Waals surface area contributed by atoms with E-state index in [-0.39, 0.29) is 11.8 Å². The zero-order chi connectivity index (χ0) is 18.3. The van der Waals surface area contributed by atoms with E-state index < -0.39 is 0 Å². The second-order valence-electron chi connectivity index (χ2n) is 6.32. The van der Waals surface area contributed by atoms with Gasteiger partial charge in [-0.05, 0) is 48.9 Å². The zero-order valence-electron chi connectivity index (χ0n) is 13.9. The third kappa shape index (κ3) is 3.04. The molecule has 2 aliphatic heterocycles. The number of piperidine rings is 1. The fraction of sp³-hybridized carbons (Fsp3) is 0.263. The Bertz CT molecular complexity index is 882. The number of amides is 2. The molecule has 7 heteroatoms. The average Bonchev–Trinajstić information content (AvgIpc) is 3.21. The van der Waals surface area contributed by atoms with Crippen molar-refractivity contribution < 1.29 is 9.59 Å². The van der Waals surface area contributed by atoms with Gasteiger partial charge in [0.25, 0.3) is 11.8 Å². The molecule has 1 fully saturated rings. The van der Waals surface area contributed by atoms with Gasteiger partial charge >= 0.3 is 0 Å². The maximum absolute atomic E-state index is 13.3. The first kappa shape index (κ1) is 17.6. The number of hydrogen-bond acceptors (Lipinski definition) is 4. The molecule has 0 spiro atoms. The number of thiophene rings is 1. The van der Waals surface area contributed by atoms with Crippen molar-refractivity contribution in [2.24, 2.45) is 0 Å². The average molecular weight is 407 g/mol. The molecule has 0 N–H and O–H groups in total. The summed E-state index contributed by atoms with van der Waals surface area (Å²) in [7, 11) is 0. The summed E-state index contributed by atoms with van der Waals surface area (Å²) in [6.45, 7) is 1.57. The lowest BCUT2D eigenvalue weighted by Crippen LogP contribution is -2.37. The van der Waals surface area contributed by atoms with Gasteiger partial charge in [-0.25, -0.2) is 4.90 Å². The first-order valence-corrected chi connectivity index (χ1v) is 10.1. The number of likely N-dealkylation sites (tertiary alicyclic amines) is 1. The number of anilines is 1. The van der Waals surface area contributed by atoms with Crippen molar-refractivity contribution in [3.8, 4) is 0 Å². The van der Waals surface area contributed by atoms with Crippen molar-refractivity contribution in [3.63, 3.8) is 0 Å². The lowest BCUT2D eigenvalue weighted by molar-refractivity contribution is -0.120. The van der Waals surface area contributed by atoms with Crippen LogP contribution in [-0.2, 0) is 9.59 Å². The van der Waals surface area contributed by atoms with Gasteiger partial charge in [0.15, 0.2) is 0 Å². The molecule has 2 aromatic rings. The van der Waals surface area contributed by atoms with Crippen LogP contribution in [0.2, 0.25) is 10.0 Å². The Morgan fingerprint density at radius 2 is 1.62 bits per heavy atom. The highest BCUT2D eigenvalue weighted by Gasteiger charge is 2.43. The van der Waals surface area contributed by atoms with Gasteiger partial charge < -0.3 is 4.90 Å². The van der Waals surface area contributed by atoms with Crippen molar-refractivity contribution in [2.75, 3.05) is 18.0 Å². The van der Waals surface area contributed by atoms with Crippen LogP contribution in [0.15, 0.2) is 41.4 Å². The van der Waals surface area contributed by atoms with E-state index in [0.717, 1.165) is 37.2 Å². The summed E-state index contributed by atoms with van der Waals surface area (Å²) in [6, 6.07) is 8.53. The third-order valence-electron chi connectivity index (χ3n) is 4.60. The van der Waals surface area contributed by atoms with Crippen LogP contribution in [0.1, 0.15) is 24.1 Å². The van der Waals surface area contributed by atoms with E-state index in [1.807, 2.05) is 22.4 Å². The van der Waals surface area contributed by atoms with Gasteiger partial charge in [0.2, 0.25) is 0 Å². The second-order valence-corrected chi connectivity index (χ2v) is 8.14. The summed E-state index contributed by atoms with van der Waals surface area (Å²) in [5, 5.41) is 2.68. The van der Waals surface area contributed by atoms with Crippen LogP contribution in [0.4, 0.5) is 5.69 Å². The highest BCUT2D eigenvalue weighted by atomic mass is 35.5. The van der Waals surface area contributed by atoms with Crippen molar-refractivity contribution in [3.05, 3.63) is 56.3 Å². The summed E-state index contributed by atoms with van der Waals surface area (Å²) in [5.74, 6) is -0.630. The largest absolute Gasteiger partial charge is 0.366 e. The monoisotopic (exact) mass is 406 g/mol. The number of benzene rings is 1. The smallest absolute Gasteiger partial charge is 0.282 e. The molecule has 2 aliphatic rings. The molecular weight excluding hydrogens is 391 g/mol. The number of carbonyl (C=O) groups is 2. The summed E-state index contributed by atoms with van der Waals surface area (Å²) >= 11 is 13.6. The highest BCUT2D eigenvalue weighted by molar-refractivity contribution is 7.11. The second kappa shape index (κ2) is 7.06. The van der Waals surface area contributed by atoms with Crippen molar-refractivity contribution in [2.45, 2.75) is 19.3 Å². The minimum atomic E-state index is -0.323. The fourth-order valence-electron chi connectivity index (χ4n) is 3.47. The molecule has 4 rings (SSSR count). The molecule has 134 valence electrons. The summed E-state index contributed by atoms with van der Waals surface area (Å²) in [4.78, 5) is 30.5. The molecule has 2 amide bonds. The van der Waals surface area contributed by atoms with E-state index in [1.165, 1.54) is 16.2 Å². The highest BCUT2D eigenvalue weighted by Crippen LogP contribution is 2.38. The van der Waals surface area contributed by atoms with Gasteiger partial charge in [-0.3, -0.25) is 9.59 Å². The van der Waals surface area contributed by atoms with Crippen molar-refractivity contribution >= 4 is 57.6 Å². The topological polar surface area (TPSA) is 40.6 Å². The van der Waals surface area contributed by atoms with E-state index in [1.54, 1.807) is 18.2 Å². The molecule has 1 aromatic carbocycles. The normalized spacial score (nSPS) is 18.2. The minimum absolute atomic E-state index is 0.307. The molecule has 0 bridgehead atoms. The maximum Gasteiger partial charge on any atom is 0.282 e. The van der Waals surface area contributed by atoms with Crippen LogP contribution in [0, 0.1) is 0 Å². The molecule has 1 aromatic heterocycles. The number of imide groups is 1. The van der Waals surface area contributed by atoms with E-state index >= 15 is 0 Å². The summed E-state index contributed by atoms with van der Waals surface area (Å²) < 4.78 is 0. The van der Waals surface area contributed by atoms with E-state index in [0.29, 0.717) is 27.0 Å². The number of rotatable bonds is 3. The number of carbonyl (C=O) groups excluding carboxylic acids is 2. The quantitative estimate of drug-likeness (QED) is 0.685. The Labute approximate surface area is 165 Å². The van der Waals surface area contributed by atoms with Crippen LogP contribution in [-0.4, -0.2) is 29.8 Å². The Morgan fingerprint density at radius 3 is 2.23 bits per heavy atom. The molecular formula is C19H16Cl2N2O2S. The summed E-state index contributed by atoms with van der Waals surface area (Å²) in [6.07, 6.45) is 3.19. The third-order valence-corrected chi connectivity index (χ3v) is 5.93. The summed E-state index contributed by atoms with van der Waals surface area (Å²) in [5.41, 5.74) is 1.37. The van der Waals surface area contributed by atoms with Crippen LogP contribution >= 0.6 is 34.5 Å². The van der Waals surface area contributed by atoms with Crippen LogP contribution in [0.25, 0.3) is 5.57 Å². The number of hydrogen-bond donors (Lipinski definition) is 0. The Hall–Kier alpha value is -1.82. The van der Waals surface area contributed by atoms with Gasteiger partial charge in [-0.1, -0.05) is 29.3 Å². The Morgan fingerprint density at radius 1 is 0.923 bits per heavy atom. The molecule has 0 radical (unpaired) electrons. The minimum Gasteiger partial charge on any atom is -0.366 e. The molecule has 0 saturated carbocycles. The zero-order valence-corrected chi connectivity index (χ0v) is 16.2. The number of halogens is 2. The van der Waals surface area contributed by atoms with E-state index in [9.17, 15) is 9.59 Å². The molecule has 4 nitrogen and oxygen atoms in total. The van der Waals surface area contributed by atoms with Gasteiger partial charge in [-0.15, -0.1) is 11.3 Å². The molecule has 1 saturated heterocycles. The maximum atomic E-state index is 13.3. The first-order valence-electron chi connectivity index (χ1n) is 8.44. The molecule has 0 aliphatic carbocycles. The molecule has 26 heavy (non-hydrogen) atoms.